The van der Waals surface area contributed by atoms with Crippen molar-refractivity contribution in [3.8, 4) is 5.75 Å². The van der Waals surface area contributed by atoms with E-state index in [4.69, 9.17) is 9.47 Å². The van der Waals surface area contributed by atoms with Crippen LogP contribution in [0.15, 0.2) is 36.4 Å². The van der Waals surface area contributed by atoms with Crippen molar-refractivity contribution in [2.24, 2.45) is 0 Å². The number of carbonyl (C=O) groups excluding carboxylic acids is 3. The molecule has 12 nitrogen and oxygen atoms in total. The standard InChI is InChI=1S/C25H26FN3O9/c26-18-5-4-14(11-28-6-8-37-9-7-28)10-15(18)13-38-19-3-1-2-16-17(19)12-29(22(16)31)20-21(30)27-23(32)25(35,36)24(20,33)34/h1-5,10,20,33-36H,6-9,11-13H2,(H,27,30,32). The summed E-state index contributed by atoms with van der Waals surface area (Å²) in [4.78, 5) is 40.1. The summed E-state index contributed by atoms with van der Waals surface area (Å²) in [5.41, 5.74) is 1.51. The average Bonchev–Trinajstić information content (AvgIpc) is 3.20. The first kappa shape index (κ1) is 26.2. The van der Waals surface area contributed by atoms with Gasteiger partial charge in [-0.3, -0.25) is 24.6 Å². The number of amides is 3. The summed E-state index contributed by atoms with van der Waals surface area (Å²) in [6.07, 6.45) is 0. The maximum absolute atomic E-state index is 14.6. The van der Waals surface area contributed by atoms with Crippen LogP contribution >= 0.6 is 0 Å². The molecule has 0 aromatic heterocycles. The van der Waals surface area contributed by atoms with Crippen molar-refractivity contribution in [1.29, 1.82) is 0 Å². The van der Waals surface area contributed by atoms with E-state index in [1.54, 1.807) is 17.4 Å². The molecule has 1 atom stereocenters. The van der Waals surface area contributed by atoms with Gasteiger partial charge in [-0.25, -0.2) is 4.39 Å². The van der Waals surface area contributed by atoms with Crippen molar-refractivity contribution in [2.75, 3.05) is 26.3 Å². The topological polar surface area (TPSA) is 169 Å². The summed E-state index contributed by atoms with van der Waals surface area (Å²) >= 11 is 0. The van der Waals surface area contributed by atoms with E-state index >= 15 is 0 Å². The molecule has 2 fully saturated rings. The number of fused-ring (bicyclic) bond motifs is 1. The van der Waals surface area contributed by atoms with E-state index in [1.807, 2.05) is 0 Å². The van der Waals surface area contributed by atoms with Crippen LogP contribution in [0.4, 0.5) is 4.39 Å². The maximum atomic E-state index is 14.6. The second-order valence-corrected chi connectivity index (χ2v) is 9.44. The summed E-state index contributed by atoms with van der Waals surface area (Å²) < 4.78 is 25.8. The van der Waals surface area contributed by atoms with Gasteiger partial charge in [0.25, 0.3) is 23.5 Å². The zero-order valence-corrected chi connectivity index (χ0v) is 20.1. The number of nitrogens with one attached hydrogen (secondary N) is 1. The zero-order chi connectivity index (χ0) is 27.2. The number of rotatable bonds is 6. The van der Waals surface area contributed by atoms with Crippen LogP contribution in [0.1, 0.15) is 27.0 Å². The summed E-state index contributed by atoms with van der Waals surface area (Å²) in [7, 11) is 0. The Morgan fingerprint density at radius 1 is 1.08 bits per heavy atom. The molecule has 1 unspecified atom stereocenters. The molecule has 38 heavy (non-hydrogen) atoms. The highest BCUT2D eigenvalue weighted by atomic mass is 19.1. The van der Waals surface area contributed by atoms with E-state index in [9.17, 15) is 39.2 Å². The Balaban J connectivity index is 1.35. The number of benzene rings is 2. The molecule has 3 aliphatic rings. The molecule has 3 aliphatic heterocycles. The van der Waals surface area contributed by atoms with Crippen LogP contribution in [0.25, 0.3) is 0 Å². The molecule has 5 rings (SSSR count). The molecular formula is C25H26FN3O9. The first-order valence-corrected chi connectivity index (χ1v) is 11.9. The van der Waals surface area contributed by atoms with E-state index in [-0.39, 0.29) is 35.6 Å². The Bertz CT molecular complexity index is 1290. The Hall–Kier alpha value is -3.46. The lowest BCUT2D eigenvalue weighted by atomic mass is 9.90. The van der Waals surface area contributed by atoms with Gasteiger partial charge in [-0.2, -0.15) is 0 Å². The van der Waals surface area contributed by atoms with Crippen molar-refractivity contribution in [3.63, 3.8) is 0 Å². The highest BCUT2D eigenvalue weighted by Gasteiger charge is 2.67. The summed E-state index contributed by atoms with van der Waals surface area (Å²) in [5.74, 6) is -11.6. The largest absolute Gasteiger partial charge is 0.488 e. The van der Waals surface area contributed by atoms with Crippen LogP contribution in [-0.4, -0.2) is 91.9 Å². The molecule has 5 N–H and O–H groups in total. The number of nitrogens with zero attached hydrogens (tertiary/aromatic N) is 2. The normalized spacial score (nSPS) is 22.8. The third-order valence-corrected chi connectivity index (χ3v) is 6.96. The second kappa shape index (κ2) is 9.69. The second-order valence-electron chi connectivity index (χ2n) is 9.44. The van der Waals surface area contributed by atoms with Crippen LogP contribution in [0.5, 0.6) is 5.75 Å². The Labute approximate surface area is 215 Å². The van der Waals surface area contributed by atoms with E-state index in [1.165, 1.54) is 24.3 Å². The Morgan fingerprint density at radius 2 is 1.82 bits per heavy atom. The predicted octanol–water partition coefficient (Wildman–Crippen LogP) is -1.42. The van der Waals surface area contributed by atoms with Crippen molar-refractivity contribution >= 4 is 17.7 Å². The zero-order valence-electron chi connectivity index (χ0n) is 20.1. The lowest BCUT2D eigenvalue weighted by molar-refractivity contribution is -0.355. The summed E-state index contributed by atoms with van der Waals surface area (Å²) in [6.45, 7) is 2.88. The van der Waals surface area contributed by atoms with Crippen molar-refractivity contribution in [3.05, 3.63) is 64.5 Å². The van der Waals surface area contributed by atoms with Crippen LogP contribution in [0.2, 0.25) is 0 Å². The molecule has 0 radical (unpaired) electrons. The van der Waals surface area contributed by atoms with Gasteiger partial charge in [0, 0.05) is 36.3 Å². The van der Waals surface area contributed by atoms with Crippen LogP contribution in [0, 0.1) is 5.82 Å². The molecule has 0 saturated carbocycles. The SMILES string of the molecule is O=C1NC(=O)C(O)(O)C(O)(O)C1N1Cc2c(OCc3cc(CN4CCOCC4)ccc3F)cccc2C1=O. The van der Waals surface area contributed by atoms with Crippen molar-refractivity contribution < 1.29 is 48.7 Å². The maximum Gasteiger partial charge on any atom is 0.303 e. The van der Waals surface area contributed by atoms with E-state index in [0.29, 0.717) is 24.7 Å². The van der Waals surface area contributed by atoms with Gasteiger partial charge in [0.15, 0.2) is 6.04 Å². The molecule has 0 bridgehead atoms. The van der Waals surface area contributed by atoms with Gasteiger partial charge in [0.1, 0.15) is 18.2 Å². The minimum absolute atomic E-state index is 0.0611. The predicted molar refractivity (Wildman–Crippen MR) is 124 cm³/mol. The first-order valence-electron chi connectivity index (χ1n) is 11.9. The number of aliphatic hydroxyl groups is 4. The van der Waals surface area contributed by atoms with E-state index in [0.717, 1.165) is 18.7 Å². The lowest BCUT2D eigenvalue weighted by Crippen LogP contribution is -2.79. The van der Waals surface area contributed by atoms with Crippen molar-refractivity contribution in [2.45, 2.75) is 37.3 Å². The molecule has 13 heteroatoms. The smallest absolute Gasteiger partial charge is 0.303 e. The van der Waals surface area contributed by atoms with Gasteiger partial charge in [-0.05, 0) is 29.8 Å². The highest BCUT2D eigenvalue weighted by molar-refractivity contribution is 6.08. The molecule has 2 aromatic carbocycles. The molecule has 3 heterocycles. The fraction of sp³-hybridized carbons (Fsp3) is 0.400. The third-order valence-electron chi connectivity index (χ3n) is 6.96. The monoisotopic (exact) mass is 531 g/mol. The molecular weight excluding hydrogens is 505 g/mol. The molecule has 0 aliphatic carbocycles. The van der Waals surface area contributed by atoms with Gasteiger partial charge < -0.3 is 34.8 Å². The van der Waals surface area contributed by atoms with Crippen molar-refractivity contribution in [1.82, 2.24) is 15.1 Å². The van der Waals surface area contributed by atoms with Gasteiger partial charge in [0.05, 0.1) is 19.8 Å². The van der Waals surface area contributed by atoms with Crippen LogP contribution in [-0.2, 0) is 34.0 Å². The minimum atomic E-state index is -3.76. The Kier molecular flexibility index (Phi) is 6.67. The number of hydrogen-bond acceptors (Lipinski definition) is 10. The lowest BCUT2D eigenvalue weighted by Gasteiger charge is -2.44. The quantitative estimate of drug-likeness (QED) is 0.220. The number of imide groups is 1. The third kappa shape index (κ3) is 4.42. The van der Waals surface area contributed by atoms with Crippen LogP contribution < -0.4 is 10.1 Å². The highest BCUT2D eigenvalue weighted by Crippen LogP contribution is 2.37. The number of piperidine rings is 1. The molecule has 202 valence electrons. The number of hydrogen-bond donors (Lipinski definition) is 5. The van der Waals surface area contributed by atoms with Crippen LogP contribution in [0.3, 0.4) is 0 Å². The number of carbonyl (C=O) groups is 3. The minimum Gasteiger partial charge on any atom is -0.488 e. The van der Waals surface area contributed by atoms with E-state index < -0.39 is 41.2 Å². The molecule has 0 spiro atoms. The van der Waals surface area contributed by atoms with Gasteiger partial charge in [-0.15, -0.1) is 0 Å². The molecule has 3 amide bonds. The summed E-state index contributed by atoms with van der Waals surface area (Å²) in [5, 5.41) is 42.2. The number of ether oxygens (including phenoxy) is 2. The first-order chi connectivity index (χ1) is 18.0. The number of morpholine rings is 1. The van der Waals surface area contributed by atoms with Gasteiger partial charge >= 0.3 is 5.79 Å². The average molecular weight is 531 g/mol. The van der Waals surface area contributed by atoms with Gasteiger partial charge in [0.2, 0.25) is 0 Å². The van der Waals surface area contributed by atoms with Gasteiger partial charge in [-0.1, -0.05) is 12.1 Å². The Morgan fingerprint density at radius 3 is 2.55 bits per heavy atom. The fourth-order valence-corrected chi connectivity index (χ4v) is 4.85. The molecule has 2 aromatic rings. The fourth-order valence-electron chi connectivity index (χ4n) is 4.85. The summed E-state index contributed by atoms with van der Waals surface area (Å²) in [6, 6.07) is 6.98. The van der Waals surface area contributed by atoms with E-state index in [2.05, 4.69) is 4.90 Å². The molecule has 2 saturated heterocycles. The number of halogens is 1.